The number of halogens is 1. The van der Waals surface area contributed by atoms with Crippen LogP contribution in [0.5, 0.6) is 5.75 Å². The maximum Gasteiger partial charge on any atom is 0.244 e. The molecular weight excluding hydrogens is 533 g/mol. The lowest BCUT2D eigenvalue weighted by molar-refractivity contribution is -0.140. The van der Waals surface area contributed by atoms with E-state index in [1.54, 1.807) is 24.3 Å². The van der Waals surface area contributed by atoms with Gasteiger partial charge in [-0.3, -0.25) is 13.9 Å². The monoisotopic (exact) mass is 569 g/mol. The average molecular weight is 570 g/mol. The first-order valence-electron chi connectivity index (χ1n) is 13.0. The summed E-state index contributed by atoms with van der Waals surface area (Å²) in [6, 6.07) is 20.5. The van der Waals surface area contributed by atoms with Crippen LogP contribution in [0.1, 0.15) is 25.0 Å². The third kappa shape index (κ3) is 8.54. The minimum Gasteiger partial charge on any atom is -0.497 e. The molecule has 0 heterocycles. The molecule has 0 unspecified atom stereocenters. The summed E-state index contributed by atoms with van der Waals surface area (Å²) < 4.78 is 46.7. The molecule has 1 atom stereocenters. The molecule has 0 aliphatic heterocycles. The molecule has 3 aromatic carbocycles. The van der Waals surface area contributed by atoms with Crippen molar-refractivity contribution in [3.05, 3.63) is 95.8 Å². The van der Waals surface area contributed by atoms with Crippen molar-refractivity contribution in [2.45, 2.75) is 32.9 Å². The highest BCUT2D eigenvalue weighted by Gasteiger charge is 2.33. The Morgan fingerprint density at radius 3 is 2.27 bits per heavy atom. The third-order valence-electron chi connectivity index (χ3n) is 6.27. The van der Waals surface area contributed by atoms with Gasteiger partial charge in [-0.2, -0.15) is 0 Å². The minimum absolute atomic E-state index is 0.156. The zero-order valence-electron chi connectivity index (χ0n) is 23.2. The van der Waals surface area contributed by atoms with E-state index in [4.69, 9.17) is 4.74 Å². The fourth-order valence-corrected chi connectivity index (χ4v) is 5.01. The van der Waals surface area contributed by atoms with Gasteiger partial charge in [-0.1, -0.05) is 68.4 Å². The van der Waals surface area contributed by atoms with E-state index in [0.717, 1.165) is 16.1 Å². The van der Waals surface area contributed by atoms with Crippen molar-refractivity contribution in [3.8, 4) is 5.75 Å². The van der Waals surface area contributed by atoms with Gasteiger partial charge in [-0.25, -0.2) is 12.8 Å². The Morgan fingerprint density at radius 1 is 0.975 bits per heavy atom. The van der Waals surface area contributed by atoms with E-state index in [9.17, 15) is 22.4 Å². The molecule has 0 bridgehead atoms. The van der Waals surface area contributed by atoms with Crippen molar-refractivity contribution >= 4 is 27.5 Å². The van der Waals surface area contributed by atoms with Crippen molar-refractivity contribution in [2.24, 2.45) is 5.92 Å². The van der Waals surface area contributed by atoms with Gasteiger partial charge in [0, 0.05) is 31.1 Å². The number of carbonyl (C=O) groups excluding carboxylic acids is 2. The van der Waals surface area contributed by atoms with Crippen LogP contribution in [0.2, 0.25) is 0 Å². The van der Waals surface area contributed by atoms with E-state index >= 15 is 0 Å². The summed E-state index contributed by atoms with van der Waals surface area (Å²) in [6.45, 7) is 3.46. The van der Waals surface area contributed by atoms with Crippen LogP contribution in [0.15, 0.2) is 78.9 Å². The second-order valence-electron chi connectivity index (χ2n) is 9.93. The highest BCUT2D eigenvalue weighted by Crippen LogP contribution is 2.24. The molecule has 1 N–H and O–H groups in total. The number of methoxy groups -OCH3 is 1. The summed E-state index contributed by atoms with van der Waals surface area (Å²) in [7, 11) is -2.47. The van der Waals surface area contributed by atoms with E-state index in [0.29, 0.717) is 12.3 Å². The summed E-state index contributed by atoms with van der Waals surface area (Å²) in [6.07, 6.45) is 1.15. The first-order chi connectivity index (χ1) is 19.0. The highest BCUT2D eigenvalue weighted by molar-refractivity contribution is 7.92. The molecule has 0 saturated heterocycles. The molecule has 0 radical (unpaired) electrons. The third-order valence-corrected chi connectivity index (χ3v) is 7.42. The lowest BCUT2D eigenvalue weighted by Crippen LogP contribution is -2.53. The summed E-state index contributed by atoms with van der Waals surface area (Å²) in [5, 5.41) is 2.89. The SMILES string of the molecule is COc1cccc(N(CC(=O)N(Cc2ccccc2F)[C@H](Cc2ccccc2)C(=O)NCC(C)C)S(C)(=O)=O)c1. The van der Waals surface area contributed by atoms with Crippen LogP contribution >= 0.6 is 0 Å². The van der Waals surface area contributed by atoms with E-state index in [-0.39, 0.29) is 30.1 Å². The van der Waals surface area contributed by atoms with E-state index < -0.39 is 40.2 Å². The maximum absolute atomic E-state index is 14.8. The molecule has 40 heavy (non-hydrogen) atoms. The van der Waals surface area contributed by atoms with Crippen LogP contribution < -0.4 is 14.4 Å². The van der Waals surface area contributed by atoms with Crippen molar-refractivity contribution in [2.75, 3.05) is 30.8 Å². The summed E-state index contributed by atoms with van der Waals surface area (Å²) in [5.74, 6) is -1.02. The number of sulfonamides is 1. The Bertz CT molecular complexity index is 1400. The fourth-order valence-electron chi connectivity index (χ4n) is 4.17. The van der Waals surface area contributed by atoms with Gasteiger partial charge in [0.05, 0.1) is 19.1 Å². The Kier molecular flexibility index (Phi) is 10.7. The number of rotatable bonds is 13. The number of anilines is 1. The van der Waals surface area contributed by atoms with Crippen LogP contribution in [-0.2, 0) is 32.6 Å². The molecule has 8 nitrogen and oxygen atoms in total. The molecule has 0 fully saturated rings. The van der Waals surface area contributed by atoms with Gasteiger partial charge >= 0.3 is 0 Å². The fraction of sp³-hybridized carbons (Fsp3) is 0.333. The van der Waals surface area contributed by atoms with Crippen molar-refractivity contribution < 1.29 is 27.1 Å². The quantitative estimate of drug-likeness (QED) is 0.336. The van der Waals surface area contributed by atoms with Crippen LogP contribution in [0.3, 0.4) is 0 Å². The topological polar surface area (TPSA) is 96.0 Å². The molecule has 0 aromatic heterocycles. The van der Waals surface area contributed by atoms with Crippen LogP contribution in [0, 0.1) is 11.7 Å². The molecule has 2 amide bonds. The average Bonchev–Trinajstić information content (AvgIpc) is 2.93. The molecule has 0 spiro atoms. The zero-order valence-corrected chi connectivity index (χ0v) is 24.0. The number of nitrogens with zero attached hydrogens (tertiary/aromatic N) is 2. The molecule has 214 valence electrons. The Hall–Kier alpha value is -3.92. The lowest BCUT2D eigenvalue weighted by atomic mass is 10.0. The van der Waals surface area contributed by atoms with Crippen molar-refractivity contribution in [1.29, 1.82) is 0 Å². The highest BCUT2D eigenvalue weighted by atomic mass is 32.2. The molecular formula is C30H36FN3O5S. The van der Waals surface area contributed by atoms with E-state index in [1.165, 1.54) is 36.3 Å². The van der Waals surface area contributed by atoms with Crippen LogP contribution in [0.4, 0.5) is 10.1 Å². The number of amides is 2. The summed E-state index contributed by atoms with van der Waals surface area (Å²) >= 11 is 0. The molecule has 3 aromatic rings. The van der Waals surface area contributed by atoms with Gasteiger partial charge in [-0.05, 0) is 29.7 Å². The normalized spacial score (nSPS) is 12.1. The van der Waals surface area contributed by atoms with Gasteiger partial charge in [0.15, 0.2) is 0 Å². The van der Waals surface area contributed by atoms with Crippen LogP contribution in [0.25, 0.3) is 0 Å². The van der Waals surface area contributed by atoms with Gasteiger partial charge < -0.3 is 15.0 Å². The second-order valence-corrected chi connectivity index (χ2v) is 11.8. The molecule has 0 saturated carbocycles. The van der Waals surface area contributed by atoms with Gasteiger partial charge in [-0.15, -0.1) is 0 Å². The molecule has 10 heteroatoms. The predicted molar refractivity (Wildman–Crippen MR) is 154 cm³/mol. The van der Waals surface area contributed by atoms with Gasteiger partial charge in [0.25, 0.3) is 0 Å². The van der Waals surface area contributed by atoms with Crippen LogP contribution in [-0.4, -0.2) is 57.6 Å². The number of nitrogens with one attached hydrogen (secondary N) is 1. The van der Waals surface area contributed by atoms with E-state index in [2.05, 4.69) is 5.32 Å². The first kappa shape index (κ1) is 30.6. The lowest BCUT2D eigenvalue weighted by Gasteiger charge is -2.33. The minimum atomic E-state index is -3.92. The Balaban J connectivity index is 2.06. The smallest absolute Gasteiger partial charge is 0.244 e. The summed E-state index contributed by atoms with van der Waals surface area (Å²) in [4.78, 5) is 28.8. The first-order valence-corrected chi connectivity index (χ1v) is 14.8. The standard InChI is InChI=1S/C30H36FN3O5S/c1-22(2)19-32-30(36)28(17-23-11-6-5-7-12-23)33(20-24-13-8-9-16-27(24)31)29(35)21-34(40(4,37)38)25-14-10-15-26(18-25)39-3/h5-16,18,22,28H,17,19-21H2,1-4H3,(H,32,36)/t28-/m1/s1. The molecule has 0 aliphatic carbocycles. The van der Waals surface area contributed by atoms with Crippen molar-refractivity contribution in [1.82, 2.24) is 10.2 Å². The maximum atomic E-state index is 14.8. The number of ether oxygens (including phenoxy) is 1. The van der Waals surface area contributed by atoms with Gasteiger partial charge in [0.2, 0.25) is 21.8 Å². The van der Waals surface area contributed by atoms with E-state index in [1.807, 2.05) is 44.2 Å². The Morgan fingerprint density at radius 2 is 1.65 bits per heavy atom. The molecule has 0 aliphatic rings. The largest absolute Gasteiger partial charge is 0.497 e. The number of hydrogen-bond donors (Lipinski definition) is 1. The molecule has 3 rings (SSSR count). The number of carbonyl (C=O) groups is 2. The second kappa shape index (κ2) is 13.9. The number of hydrogen-bond acceptors (Lipinski definition) is 5. The Labute approximate surface area is 235 Å². The number of benzene rings is 3. The predicted octanol–water partition coefficient (Wildman–Crippen LogP) is 4.01. The zero-order chi connectivity index (χ0) is 29.3. The van der Waals surface area contributed by atoms with Gasteiger partial charge in [0.1, 0.15) is 24.2 Å². The van der Waals surface area contributed by atoms with Crippen molar-refractivity contribution in [3.63, 3.8) is 0 Å². The summed E-state index contributed by atoms with van der Waals surface area (Å²) in [5.41, 5.74) is 1.23.